The first-order valence-electron chi connectivity index (χ1n) is 5.76. The van der Waals surface area contributed by atoms with Gasteiger partial charge in [-0.3, -0.25) is 4.79 Å². The van der Waals surface area contributed by atoms with Gasteiger partial charge >= 0.3 is 6.09 Å². The molecule has 0 aliphatic heterocycles. The molecule has 0 spiro atoms. The van der Waals surface area contributed by atoms with E-state index in [2.05, 4.69) is 5.32 Å². The van der Waals surface area contributed by atoms with Crippen molar-refractivity contribution in [1.29, 1.82) is 0 Å². The smallest absolute Gasteiger partial charge is 0.407 e. The summed E-state index contributed by atoms with van der Waals surface area (Å²) in [5, 5.41) is 2.58. The van der Waals surface area contributed by atoms with Crippen LogP contribution in [-0.4, -0.2) is 37.0 Å². The molecule has 2 amide bonds. The molecule has 0 saturated heterocycles. The molecular formula is C13H18N2O3. The highest BCUT2D eigenvalue weighted by Gasteiger charge is 2.04. The fourth-order valence-electron chi connectivity index (χ4n) is 1.26. The summed E-state index contributed by atoms with van der Waals surface area (Å²) in [6, 6.07) is 9.45. The molecule has 0 bridgehead atoms. The Balaban J connectivity index is 2.17. The predicted octanol–water partition coefficient (Wildman–Crippen LogP) is 1.39. The Morgan fingerprint density at radius 3 is 2.56 bits per heavy atom. The highest BCUT2D eigenvalue weighted by atomic mass is 16.5. The number of benzene rings is 1. The van der Waals surface area contributed by atoms with E-state index in [4.69, 9.17) is 4.74 Å². The molecular weight excluding hydrogens is 232 g/mol. The number of rotatable bonds is 5. The van der Waals surface area contributed by atoms with Crippen LogP contribution in [0.25, 0.3) is 0 Å². The Hall–Kier alpha value is -2.04. The first-order valence-corrected chi connectivity index (χ1v) is 5.76. The number of amides is 2. The number of nitrogens with zero attached hydrogens (tertiary/aromatic N) is 1. The minimum absolute atomic E-state index is 0.0329. The van der Waals surface area contributed by atoms with Crippen molar-refractivity contribution in [2.24, 2.45) is 0 Å². The summed E-state index contributed by atoms with van der Waals surface area (Å²) < 4.78 is 5.02. The lowest BCUT2D eigenvalue weighted by atomic mass is 10.2. The molecule has 1 aromatic rings. The molecule has 0 radical (unpaired) electrons. The third-order valence-electron chi connectivity index (χ3n) is 2.47. The van der Waals surface area contributed by atoms with Crippen molar-refractivity contribution >= 4 is 12.0 Å². The Morgan fingerprint density at radius 1 is 1.28 bits per heavy atom. The molecule has 1 aromatic carbocycles. The average molecular weight is 250 g/mol. The number of ether oxygens (including phenoxy) is 1. The molecule has 0 fully saturated rings. The molecule has 0 aliphatic carbocycles. The second-order valence-corrected chi connectivity index (χ2v) is 3.93. The molecule has 5 heteroatoms. The number of hydrogen-bond acceptors (Lipinski definition) is 3. The van der Waals surface area contributed by atoms with Gasteiger partial charge in [-0.1, -0.05) is 30.3 Å². The van der Waals surface area contributed by atoms with Crippen LogP contribution >= 0.6 is 0 Å². The van der Waals surface area contributed by atoms with E-state index in [1.807, 2.05) is 30.3 Å². The summed E-state index contributed by atoms with van der Waals surface area (Å²) in [7, 11) is 1.68. The van der Waals surface area contributed by atoms with Crippen molar-refractivity contribution in [3.63, 3.8) is 0 Å². The maximum atomic E-state index is 11.3. The number of hydrogen-bond donors (Lipinski definition) is 1. The molecule has 0 aromatic heterocycles. The molecule has 18 heavy (non-hydrogen) atoms. The maximum absolute atomic E-state index is 11.3. The Morgan fingerprint density at radius 2 is 1.94 bits per heavy atom. The number of likely N-dealkylation sites (N-methyl/N-ethyl adjacent to an activating group) is 1. The van der Waals surface area contributed by atoms with Crippen molar-refractivity contribution in [3.8, 4) is 0 Å². The van der Waals surface area contributed by atoms with E-state index in [1.54, 1.807) is 7.05 Å². The lowest BCUT2D eigenvalue weighted by molar-refractivity contribution is -0.127. The summed E-state index contributed by atoms with van der Waals surface area (Å²) in [4.78, 5) is 23.8. The van der Waals surface area contributed by atoms with Gasteiger partial charge in [-0.15, -0.1) is 0 Å². The van der Waals surface area contributed by atoms with Gasteiger partial charge in [-0.05, 0) is 5.56 Å². The first kappa shape index (κ1) is 14.0. The summed E-state index contributed by atoms with van der Waals surface area (Å²) in [6.07, 6.45) is -0.476. The highest BCUT2D eigenvalue weighted by molar-refractivity contribution is 5.73. The molecule has 0 saturated carbocycles. The third kappa shape index (κ3) is 5.34. The van der Waals surface area contributed by atoms with E-state index in [-0.39, 0.29) is 12.5 Å². The van der Waals surface area contributed by atoms with Crippen molar-refractivity contribution in [2.75, 3.05) is 20.1 Å². The molecule has 0 aliphatic rings. The number of carbonyl (C=O) groups is 2. The van der Waals surface area contributed by atoms with Gasteiger partial charge < -0.3 is 15.0 Å². The van der Waals surface area contributed by atoms with Crippen LogP contribution in [0.3, 0.4) is 0 Å². The van der Waals surface area contributed by atoms with E-state index in [1.165, 1.54) is 11.8 Å². The Labute approximate surface area is 107 Å². The second kappa shape index (κ2) is 7.32. The van der Waals surface area contributed by atoms with Gasteiger partial charge in [0.2, 0.25) is 5.91 Å². The van der Waals surface area contributed by atoms with Gasteiger partial charge in [0.15, 0.2) is 0 Å². The van der Waals surface area contributed by atoms with Crippen LogP contribution in [0.5, 0.6) is 0 Å². The van der Waals surface area contributed by atoms with Crippen LogP contribution in [-0.2, 0) is 16.1 Å². The standard InChI is InChI=1S/C13H18N2O3/c1-11(16)15(2)9-8-14-13(17)18-10-12-6-4-3-5-7-12/h3-7H,8-10H2,1-2H3,(H,14,17). The lowest BCUT2D eigenvalue weighted by Crippen LogP contribution is -2.35. The highest BCUT2D eigenvalue weighted by Crippen LogP contribution is 2.00. The van der Waals surface area contributed by atoms with Crippen LogP contribution in [0.15, 0.2) is 30.3 Å². The minimum Gasteiger partial charge on any atom is -0.445 e. The molecule has 1 N–H and O–H groups in total. The van der Waals surface area contributed by atoms with Gasteiger partial charge in [0.25, 0.3) is 0 Å². The summed E-state index contributed by atoms with van der Waals surface area (Å²) in [5.74, 6) is -0.0329. The molecule has 1 rings (SSSR count). The van der Waals surface area contributed by atoms with E-state index in [0.29, 0.717) is 13.1 Å². The quantitative estimate of drug-likeness (QED) is 0.859. The van der Waals surface area contributed by atoms with Crippen molar-refractivity contribution < 1.29 is 14.3 Å². The first-order chi connectivity index (χ1) is 8.59. The van der Waals surface area contributed by atoms with Crippen LogP contribution in [0.2, 0.25) is 0 Å². The molecule has 5 nitrogen and oxygen atoms in total. The van der Waals surface area contributed by atoms with Crippen LogP contribution in [0.1, 0.15) is 12.5 Å². The number of alkyl carbamates (subject to hydrolysis) is 1. The van der Waals surface area contributed by atoms with Gasteiger partial charge in [0, 0.05) is 27.1 Å². The Bertz CT molecular complexity index is 392. The normalized spacial score (nSPS) is 9.67. The predicted molar refractivity (Wildman–Crippen MR) is 67.9 cm³/mol. The van der Waals surface area contributed by atoms with Crippen molar-refractivity contribution in [2.45, 2.75) is 13.5 Å². The zero-order valence-electron chi connectivity index (χ0n) is 10.7. The SMILES string of the molecule is CC(=O)N(C)CCNC(=O)OCc1ccccc1. The van der Waals surface area contributed by atoms with Gasteiger partial charge in [-0.25, -0.2) is 4.79 Å². The topological polar surface area (TPSA) is 58.6 Å². The van der Waals surface area contributed by atoms with Crippen molar-refractivity contribution in [1.82, 2.24) is 10.2 Å². The van der Waals surface area contributed by atoms with Gasteiger partial charge in [0.05, 0.1) is 0 Å². The fraction of sp³-hybridized carbons (Fsp3) is 0.385. The Kier molecular flexibility index (Phi) is 5.70. The fourth-order valence-corrected chi connectivity index (χ4v) is 1.26. The molecule has 0 heterocycles. The van der Waals surface area contributed by atoms with Crippen LogP contribution < -0.4 is 5.32 Å². The van der Waals surface area contributed by atoms with Crippen LogP contribution in [0.4, 0.5) is 4.79 Å². The van der Waals surface area contributed by atoms with E-state index < -0.39 is 6.09 Å². The maximum Gasteiger partial charge on any atom is 0.407 e. The van der Waals surface area contributed by atoms with E-state index in [0.717, 1.165) is 5.56 Å². The van der Waals surface area contributed by atoms with E-state index in [9.17, 15) is 9.59 Å². The molecule has 0 unspecified atom stereocenters. The van der Waals surface area contributed by atoms with Crippen molar-refractivity contribution in [3.05, 3.63) is 35.9 Å². The zero-order valence-corrected chi connectivity index (χ0v) is 10.7. The lowest BCUT2D eigenvalue weighted by Gasteiger charge is -2.14. The average Bonchev–Trinajstić information content (AvgIpc) is 2.37. The summed E-state index contributed by atoms with van der Waals surface area (Å²) in [5.41, 5.74) is 0.938. The molecule has 0 atom stereocenters. The largest absolute Gasteiger partial charge is 0.445 e. The number of nitrogens with one attached hydrogen (secondary N) is 1. The second-order valence-electron chi connectivity index (χ2n) is 3.93. The van der Waals surface area contributed by atoms with E-state index >= 15 is 0 Å². The van der Waals surface area contributed by atoms with Gasteiger partial charge in [-0.2, -0.15) is 0 Å². The van der Waals surface area contributed by atoms with Gasteiger partial charge in [0.1, 0.15) is 6.61 Å². The van der Waals surface area contributed by atoms with Crippen LogP contribution in [0, 0.1) is 0 Å². The summed E-state index contributed by atoms with van der Waals surface area (Å²) >= 11 is 0. The number of carbonyl (C=O) groups excluding carboxylic acids is 2. The third-order valence-corrected chi connectivity index (χ3v) is 2.47. The summed E-state index contributed by atoms with van der Waals surface area (Å²) in [6.45, 7) is 2.57. The zero-order chi connectivity index (χ0) is 13.4. The monoisotopic (exact) mass is 250 g/mol. The minimum atomic E-state index is -0.476. The molecule has 98 valence electrons.